The van der Waals surface area contributed by atoms with Gasteiger partial charge in [-0.1, -0.05) is 13.8 Å². The van der Waals surface area contributed by atoms with E-state index in [0.717, 1.165) is 25.2 Å². The number of aromatic nitrogens is 3. The van der Waals surface area contributed by atoms with E-state index in [0.29, 0.717) is 11.4 Å². The van der Waals surface area contributed by atoms with Crippen molar-refractivity contribution in [1.29, 1.82) is 0 Å². The van der Waals surface area contributed by atoms with Crippen LogP contribution in [0.4, 0.5) is 5.82 Å². The molecule has 0 aliphatic carbocycles. The maximum absolute atomic E-state index is 12.5. The number of carbonyl (C=O) groups excluding carboxylic acids is 1. The first-order valence-electron chi connectivity index (χ1n) is 7.25. The fourth-order valence-electron chi connectivity index (χ4n) is 2.04. The summed E-state index contributed by atoms with van der Waals surface area (Å²) in [4.78, 5) is 23.9. The molecule has 0 aromatic carbocycles. The summed E-state index contributed by atoms with van der Waals surface area (Å²) in [5.74, 6) is 1.23. The third kappa shape index (κ3) is 3.81. The number of hydrogen-bond donors (Lipinski definition) is 3. The topological polar surface area (TPSA) is 82.7 Å². The number of anilines is 1. The summed E-state index contributed by atoms with van der Waals surface area (Å²) < 4.78 is 0. The van der Waals surface area contributed by atoms with Crippen LogP contribution in [0.1, 0.15) is 48.9 Å². The van der Waals surface area contributed by atoms with Crippen LogP contribution in [0.5, 0.6) is 0 Å². The number of nitrogens with zero attached hydrogens (tertiary/aromatic N) is 2. The highest BCUT2D eigenvalue weighted by Crippen LogP contribution is 2.16. The van der Waals surface area contributed by atoms with Crippen molar-refractivity contribution in [3.8, 4) is 0 Å². The summed E-state index contributed by atoms with van der Waals surface area (Å²) >= 11 is 0. The van der Waals surface area contributed by atoms with Crippen molar-refractivity contribution in [1.82, 2.24) is 20.3 Å². The largest absolute Gasteiger partial charge is 0.369 e. The molecular formula is C15H21N5O. The summed E-state index contributed by atoms with van der Waals surface area (Å²) in [7, 11) is 0. The summed E-state index contributed by atoms with van der Waals surface area (Å²) in [6.07, 6.45) is 6.85. The van der Waals surface area contributed by atoms with Crippen molar-refractivity contribution in [2.24, 2.45) is 0 Å². The van der Waals surface area contributed by atoms with E-state index in [2.05, 4.69) is 32.5 Å². The minimum Gasteiger partial charge on any atom is -0.369 e. The first-order valence-corrected chi connectivity index (χ1v) is 7.25. The lowest BCUT2D eigenvalue weighted by atomic mass is 10.1. The lowest BCUT2D eigenvalue weighted by molar-refractivity contribution is 0.0934. The van der Waals surface area contributed by atoms with E-state index in [1.165, 1.54) is 0 Å². The molecule has 0 saturated heterocycles. The van der Waals surface area contributed by atoms with Gasteiger partial charge in [0.05, 0.1) is 11.6 Å². The fourth-order valence-corrected chi connectivity index (χ4v) is 2.04. The predicted molar refractivity (Wildman–Crippen MR) is 82.1 cm³/mol. The minimum atomic E-state index is -0.148. The van der Waals surface area contributed by atoms with Crippen molar-refractivity contribution < 1.29 is 4.79 Å². The standard InChI is InChI=1S/C15H21N5O/c1-3-7-16-13-11(6-5-8-17-13)15(21)20-12(4-2)14-18-9-10-19-14/h5-6,8-10,12H,3-4,7H2,1-2H3,(H,16,17)(H,18,19)(H,20,21). The second-order valence-electron chi connectivity index (χ2n) is 4.74. The van der Waals surface area contributed by atoms with Gasteiger partial charge in [-0.15, -0.1) is 0 Å². The highest BCUT2D eigenvalue weighted by molar-refractivity contribution is 5.98. The molecule has 0 aliphatic heterocycles. The number of H-pyrrole nitrogens is 1. The van der Waals surface area contributed by atoms with Crippen molar-refractivity contribution in [3.63, 3.8) is 0 Å². The molecule has 3 N–H and O–H groups in total. The second-order valence-corrected chi connectivity index (χ2v) is 4.74. The average molecular weight is 287 g/mol. The molecule has 0 spiro atoms. The number of nitrogens with one attached hydrogen (secondary N) is 3. The molecular weight excluding hydrogens is 266 g/mol. The lowest BCUT2D eigenvalue weighted by Crippen LogP contribution is -2.29. The normalized spacial score (nSPS) is 11.9. The van der Waals surface area contributed by atoms with Crippen LogP contribution in [0.2, 0.25) is 0 Å². The summed E-state index contributed by atoms with van der Waals surface area (Å²) in [5, 5.41) is 6.16. The van der Waals surface area contributed by atoms with E-state index in [9.17, 15) is 4.79 Å². The maximum atomic E-state index is 12.5. The van der Waals surface area contributed by atoms with Gasteiger partial charge in [0.1, 0.15) is 11.6 Å². The third-order valence-corrected chi connectivity index (χ3v) is 3.16. The van der Waals surface area contributed by atoms with E-state index in [4.69, 9.17) is 0 Å². The van der Waals surface area contributed by atoms with E-state index in [1.807, 2.05) is 6.92 Å². The molecule has 0 bridgehead atoms. The molecule has 2 aromatic heterocycles. The Morgan fingerprint density at radius 3 is 2.86 bits per heavy atom. The number of amides is 1. The van der Waals surface area contributed by atoms with Gasteiger partial charge >= 0.3 is 0 Å². The van der Waals surface area contributed by atoms with Crippen LogP contribution in [0.15, 0.2) is 30.7 Å². The fraction of sp³-hybridized carbons (Fsp3) is 0.400. The molecule has 0 aliphatic rings. The van der Waals surface area contributed by atoms with Gasteiger partial charge in [0.25, 0.3) is 5.91 Å². The van der Waals surface area contributed by atoms with Crippen molar-refractivity contribution >= 4 is 11.7 Å². The van der Waals surface area contributed by atoms with Crippen LogP contribution in [0, 0.1) is 0 Å². The number of imidazole rings is 1. The van der Waals surface area contributed by atoms with Gasteiger partial charge in [-0.25, -0.2) is 9.97 Å². The van der Waals surface area contributed by atoms with Crippen molar-refractivity contribution in [2.45, 2.75) is 32.7 Å². The van der Waals surface area contributed by atoms with E-state index in [1.54, 1.807) is 30.7 Å². The highest BCUT2D eigenvalue weighted by atomic mass is 16.1. The summed E-state index contributed by atoms with van der Waals surface area (Å²) in [6, 6.07) is 3.40. The van der Waals surface area contributed by atoms with Crippen LogP contribution in [-0.2, 0) is 0 Å². The number of carbonyl (C=O) groups is 1. The van der Waals surface area contributed by atoms with Gasteiger partial charge in [0.2, 0.25) is 0 Å². The highest BCUT2D eigenvalue weighted by Gasteiger charge is 2.18. The van der Waals surface area contributed by atoms with Gasteiger partial charge in [-0.2, -0.15) is 0 Å². The van der Waals surface area contributed by atoms with Crippen LogP contribution in [0.3, 0.4) is 0 Å². The quantitative estimate of drug-likeness (QED) is 0.730. The Labute approximate surface area is 124 Å². The minimum absolute atomic E-state index is 0.133. The van der Waals surface area contributed by atoms with Crippen molar-refractivity contribution in [2.75, 3.05) is 11.9 Å². The van der Waals surface area contributed by atoms with Crippen molar-refractivity contribution in [3.05, 3.63) is 42.1 Å². The third-order valence-electron chi connectivity index (χ3n) is 3.16. The Balaban J connectivity index is 2.12. The lowest BCUT2D eigenvalue weighted by Gasteiger charge is -2.16. The Hall–Kier alpha value is -2.37. The summed E-state index contributed by atoms with van der Waals surface area (Å²) in [5.41, 5.74) is 0.552. The van der Waals surface area contributed by atoms with Crippen LogP contribution in [0.25, 0.3) is 0 Å². The van der Waals surface area contributed by atoms with Gasteiger partial charge in [0.15, 0.2) is 0 Å². The zero-order valence-corrected chi connectivity index (χ0v) is 12.4. The monoisotopic (exact) mass is 287 g/mol. The van der Waals surface area contributed by atoms with E-state index < -0.39 is 0 Å². The number of aromatic amines is 1. The second kappa shape index (κ2) is 7.42. The van der Waals surface area contributed by atoms with E-state index in [-0.39, 0.29) is 11.9 Å². The predicted octanol–water partition coefficient (Wildman–Crippen LogP) is 2.51. The van der Waals surface area contributed by atoms with Gasteiger partial charge in [-0.05, 0) is 25.0 Å². The molecule has 2 rings (SSSR count). The molecule has 21 heavy (non-hydrogen) atoms. The Morgan fingerprint density at radius 1 is 1.33 bits per heavy atom. The molecule has 2 heterocycles. The van der Waals surface area contributed by atoms with Crippen LogP contribution >= 0.6 is 0 Å². The molecule has 1 atom stereocenters. The Morgan fingerprint density at radius 2 is 2.19 bits per heavy atom. The number of rotatable bonds is 7. The number of hydrogen-bond acceptors (Lipinski definition) is 4. The van der Waals surface area contributed by atoms with Crippen LogP contribution in [-0.4, -0.2) is 27.4 Å². The van der Waals surface area contributed by atoms with E-state index >= 15 is 0 Å². The van der Waals surface area contributed by atoms with Gasteiger partial charge in [-0.3, -0.25) is 4.79 Å². The smallest absolute Gasteiger partial charge is 0.255 e. The van der Waals surface area contributed by atoms with Gasteiger partial charge < -0.3 is 15.6 Å². The molecule has 6 nitrogen and oxygen atoms in total. The number of pyridine rings is 1. The first kappa shape index (κ1) is 15.0. The zero-order chi connectivity index (χ0) is 15.1. The van der Waals surface area contributed by atoms with Gasteiger partial charge in [0, 0.05) is 25.1 Å². The molecule has 0 fully saturated rings. The summed E-state index contributed by atoms with van der Waals surface area (Å²) in [6.45, 7) is 4.86. The molecule has 1 amide bonds. The molecule has 112 valence electrons. The maximum Gasteiger partial charge on any atom is 0.255 e. The average Bonchev–Trinajstić information content (AvgIpc) is 3.04. The zero-order valence-electron chi connectivity index (χ0n) is 12.4. The molecule has 1 unspecified atom stereocenters. The molecule has 2 aromatic rings. The van der Waals surface area contributed by atoms with Crippen LogP contribution < -0.4 is 10.6 Å². The Bertz CT molecular complexity index is 567. The SMILES string of the molecule is CCCNc1ncccc1C(=O)NC(CC)c1ncc[nH]1. The Kier molecular flexibility index (Phi) is 5.31. The molecule has 0 saturated carbocycles. The molecule has 6 heteroatoms. The first-order chi connectivity index (χ1) is 10.3. The molecule has 0 radical (unpaired) electrons.